The molecule has 8 N–H and O–H groups in total. The van der Waals surface area contributed by atoms with Gasteiger partial charge in [-0.3, -0.25) is 19.2 Å². The first-order chi connectivity index (χ1) is 22.3. The van der Waals surface area contributed by atoms with Gasteiger partial charge in [0.15, 0.2) is 0 Å². The second kappa shape index (κ2) is 22.0. The quantitative estimate of drug-likeness (QED) is 0.0627. The van der Waals surface area contributed by atoms with Crippen molar-refractivity contribution in [3.05, 3.63) is 48.5 Å². The minimum absolute atomic E-state index is 0.0302. The summed E-state index contributed by atoms with van der Waals surface area (Å²) in [7, 11) is 0. The number of rotatable bonds is 23. The van der Waals surface area contributed by atoms with Crippen molar-refractivity contribution in [3.63, 3.8) is 0 Å². The third-order valence-corrected chi connectivity index (χ3v) is 5.81. The van der Waals surface area contributed by atoms with E-state index in [1.165, 1.54) is 9.80 Å². The molecule has 0 amide bonds. The van der Waals surface area contributed by atoms with Gasteiger partial charge in [-0.25, -0.2) is 0 Å². The van der Waals surface area contributed by atoms with Gasteiger partial charge in [0.1, 0.15) is 77.3 Å². The molecule has 0 aliphatic rings. The number of nitrogens with zero attached hydrogens (tertiary/aromatic N) is 2. The van der Waals surface area contributed by atoms with Crippen LogP contribution in [-0.2, 0) is 38.1 Å². The molecule has 0 atom stereocenters. The van der Waals surface area contributed by atoms with E-state index in [-0.39, 0.29) is 92.0 Å². The zero-order chi connectivity index (χ0) is 33.6. The summed E-state index contributed by atoms with van der Waals surface area (Å²) in [4.78, 5) is 52.6. The van der Waals surface area contributed by atoms with Crippen LogP contribution < -0.4 is 42.2 Å². The lowest BCUT2D eigenvalue weighted by atomic mass is 10.2. The Morgan fingerprint density at radius 1 is 0.457 bits per heavy atom. The first-order valence-corrected chi connectivity index (χ1v) is 14.7. The van der Waals surface area contributed by atoms with Gasteiger partial charge >= 0.3 is 23.9 Å². The number of esters is 4. The van der Waals surface area contributed by atoms with Gasteiger partial charge in [-0.05, 0) is 24.3 Å². The van der Waals surface area contributed by atoms with E-state index in [0.717, 1.165) is 0 Å². The molecule has 0 heterocycles. The molecule has 0 radical (unpaired) electrons. The molecular weight excluding hydrogens is 604 g/mol. The van der Waals surface area contributed by atoms with Gasteiger partial charge in [0.05, 0.1) is 11.4 Å². The molecule has 254 valence electrons. The van der Waals surface area contributed by atoms with E-state index in [2.05, 4.69) is 0 Å². The van der Waals surface area contributed by atoms with Crippen molar-refractivity contribution < 1.29 is 47.6 Å². The van der Waals surface area contributed by atoms with Crippen LogP contribution in [0.4, 0.5) is 11.4 Å². The topological polar surface area (TPSA) is 234 Å². The predicted molar refractivity (Wildman–Crippen MR) is 168 cm³/mol. The molecule has 0 saturated carbocycles. The number of para-hydroxylation sites is 4. The average molecular weight is 649 g/mol. The molecule has 0 aliphatic heterocycles. The summed E-state index contributed by atoms with van der Waals surface area (Å²) < 4.78 is 32.4. The van der Waals surface area contributed by atoms with Crippen LogP contribution in [0, 0.1) is 0 Å². The normalized spacial score (nSPS) is 10.4. The first-order valence-electron chi connectivity index (χ1n) is 14.7. The van der Waals surface area contributed by atoms with Crippen molar-refractivity contribution in [2.24, 2.45) is 22.9 Å². The highest BCUT2D eigenvalue weighted by Gasteiger charge is 2.22. The van der Waals surface area contributed by atoms with E-state index >= 15 is 0 Å². The Kier molecular flexibility index (Phi) is 17.9. The van der Waals surface area contributed by atoms with Crippen molar-refractivity contribution in [1.82, 2.24) is 0 Å². The molecule has 0 aromatic heterocycles. The van der Waals surface area contributed by atoms with Gasteiger partial charge in [0, 0.05) is 26.2 Å². The third-order valence-electron chi connectivity index (χ3n) is 5.81. The van der Waals surface area contributed by atoms with E-state index in [9.17, 15) is 19.2 Å². The third kappa shape index (κ3) is 14.0. The van der Waals surface area contributed by atoms with E-state index in [4.69, 9.17) is 51.4 Å². The van der Waals surface area contributed by atoms with Crippen LogP contribution in [0.1, 0.15) is 0 Å². The number of nitrogens with two attached hydrogens (primary N) is 4. The molecule has 0 fully saturated rings. The second-order valence-electron chi connectivity index (χ2n) is 9.38. The lowest BCUT2D eigenvalue weighted by molar-refractivity contribution is -0.144. The maximum atomic E-state index is 12.4. The van der Waals surface area contributed by atoms with E-state index in [0.29, 0.717) is 22.9 Å². The molecule has 16 heteroatoms. The van der Waals surface area contributed by atoms with E-state index in [1.54, 1.807) is 48.5 Å². The Balaban J connectivity index is 2.16. The minimum Gasteiger partial charge on any atom is -0.488 e. The Morgan fingerprint density at radius 2 is 0.739 bits per heavy atom. The summed E-state index contributed by atoms with van der Waals surface area (Å²) in [5, 5.41) is 0. The molecule has 2 aromatic carbocycles. The number of carbonyl (C=O) groups excluding carboxylic acids is 4. The maximum Gasteiger partial charge on any atom is 0.325 e. The van der Waals surface area contributed by atoms with Crippen LogP contribution >= 0.6 is 0 Å². The van der Waals surface area contributed by atoms with Crippen LogP contribution in [-0.4, -0.2) is 116 Å². The number of benzene rings is 2. The molecular formula is C30H44N6O10. The van der Waals surface area contributed by atoms with Crippen LogP contribution in [0.15, 0.2) is 48.5 Å². The molecule has 0 aliphatic carbocycles. The van der Waals surface area contributed by atoms with Gasteiger partial charge in [0.2, 0.25) is 0 Å². The number of anilines is 2. The second-order valence-corrected chi connectivity index (χ2v) is 9.38. The zero-order valence-electron chi connectivity index (χ0n) is 25.8. The number of hydrogen-bond donors (Lipinski definition) is 4. The standard InChI is InChI=1S/C30H44N6O10/c31-9-13-43-27(37)19-35(20-28(38)44-14-10-32)23-5-1-3-7-25(23)41-17-18-42-26-8-4-2-6-24(26)36(21-29(39)45-15-11-33)22-30(40)46-16-12-34/h1-8H,9-22,31-34H2. The predicted octanol–water partition coefficient (Wildman–Crippen LogP) is -1.24. The Morgan fingerprint density at radius 3 is 1.02 bits per heavy atom. The SMILES string of the molecule is NCCOC(=O)CN(CC(=O)OCCN)c1ccccc1OCCOc1ccccc1N(CC(=O)OCCN)CC(=O)OCCN. The van der Waals surface area contributed by atoms with Crippen LogP contribution in [0.5, 0.6) is 11.5 Å². The summed E-state index contributed by atoms with van der Waals surface area (Å²) in [5.74, 6) is -1.62. The van der Waals surface area contributed by atoms with E-state index < -0.39 is 23.9 Å². The number of carbonyl (C=O) groups is 4. The maximum absolute atomic E-state index is 12.4. The van der Waals surface area contributed by atoms with Crippen molar-refractivity contribution in [2.45, 2.75) is 0 Å². The fourth-order valence-corrected chi connectivity index (χ4v) is 3.93. The molecule has 46 heavy (non-hydrogen) atoms. The van der Waals surface area contributed by atoms with Gasteiger partial charge in [-0.1, -0.05) is 24.3 Å². The average Bonchev–Trinajstić information content (AvgIpc) is 3.06. The van der Waals surface area contributed by atoms with Gasteiger partial charge in [-0.15, -0.1) is 0 Å². The van der Waals surface area contributed by atoms with Crippen LogP contribution in [0.3, 0.4) is 0 Å². The van der Waals surface area contributed by atoms with Gasteiger partial charge in [0.25, 0.3) is 0 Å². The largest absolute Gasteiger partial charge is 0.488 e. The zero-order valence-corrected chi connectivity index (χ0v) is 25.8. The van der Waals surface area contributed by atoms with Gasteiger partial charge < -0.3 is 61.2 Å². The molecule has 16 nitrogen and oxygen atoms in total. The smallest absolute Gasteiger partial charge is 0.325 e. The molecule has 2 rings (SSSR count). The summed E-state index contributed by atoms with van der Waals surface area (Å²) in [5.41, 5.74) is 22.6. The highest BCUT2D eigenvalue weighted by atomic mass is 16.6. The fraction of sp³-hybridized carbons (Fsp3) is 0.467. The molecule has 2 aromatic rings. The van der Waals surface area contributed by atoms with Gasteiger partial charge in [-0.2, -0.15) is 0 Å². The molecule has 0 unspecified atom stereocenters. The summed E-state index contributed by atoms with van der Waals surface area (Å²) >= 11 is 0. The highest BCUT2D eigenvalue weighted by Crippen LogP contribution is 2.30. The van der Waals surface area contributed by atoms with Crippen LogP contribution in [0.2, 0.25) is 0 Å². The van der Waals surface area contributed by atoms with Crippen LogP contribution in [0.25, 0.3) is 0 Å². The van der Waals surface area contributed by atoms with E-state index in [1.807, 2.05) is 0 Å². The first kappa shape index (κ1) is 37.5. The summed E-state index contributed by atoms with van der Waals surface area (Å²) in [6.45, 7) is -0.226. The molecule has 0 saturated heterocycles. The summed E-state index contributed by atoms with van der Waals surface area (Å²) in [6.07, 6.45) is 0. The monoisotopic (exact) mass is 648 g/mol. The minimum atomic E-state index is -0.588. The van der Waals surface area contributed by atoms with Crippen molar-refractivity contribution in [2.75, 3.05) is 102 Å². The molecule has 0 bridgehead atoms. The molecule has 0 spiro atoms. The Bertz CT molecular complexity index is 1100. The Hall–Kier alpha value is -4.64. The number of ether oxygens (including phenoxy) is 6. The Labute approximate surface area is 267 Å². The van der Waals surface area contributed by atoms with Crippen molar-refractivity contribution in [1.29, 1.82) is 0 Å². The van der Waals surface area contributed by atoms with Crippen molar-refractivity contribution in [3.8, 4) is 11.5 Å². The summed E-state index contributed by atoms with van der Waals surface area (Å²) in [6, 6.07) is 13.6. The highest BCUT2D eigenvalue weighted by molar-refractivity contribution is 5.83. The number of hydrogen-bond acceptors (Lipinski definition) is 16. The lowest BCUT2D eigenvalue weighted by Crippen LogP contribution is -2.37. The fourth-order valence-electron chi connectivity index (χ4n) is 3.93. The van der Waals surface area contributed by atoms with Crippen molar-refractivity contribution >= 4 is 35.3 Å². The lowest BCUT2D eigenvalue weighted by Gasteiger charge is -2.26.